The Kier molecular flexibility index (Phi) is 13.4. The number of carbonyl (C=O) groups is 1. The van der Waals surface area contributed by atoms with Crippen LogP contribution in [0.15, 0.2) is 115 Å². The highest BCUT2D eigenvalue weighted by Crippen LogP contribution is 2.34. The van der Waals surface area contributed by atoms with Crippen LogP contribution in [-0.4, -0.2) is 53.5 Å². The molecule has 0 saturated carbocycles. The highest BCUT2D eigenvalue weighted by Gasteiger charge is 2.20. The van der Waals surface area contributed by atoms with Crippen LogP contribution in [0.4, 0.5) is 0 Å². The molecule has 1 aliphatic rings. The van der Waals surface area contributed by atoms with Crippen molar-refractivity contribution in [2.45, 2.75) is 39.8 Å². The van der Waals surface area contributed by atoms with Crippen molar-refractivity contribution in [2.75, 3.05) is 32.8 Å². The van der Waals surface area contributed by atoms with Gasteiger partial charge in [0.2, 0.25) is 11.8 Å². The van der Waals surface area contributed by atoms with E-state index in [2.05, 4.69) is 72.3 Å². The fourth-order valence-electron chi connectivity index (χ4n) is 6.11. The van der Waals surface area contributed by atoms with Crippen molar-refractivity contribution in [3.05, 3.63) is 159 Å². The molecule has 0 N–H and O–H groups in total. The molecule has 2 heterocycles. The number of benzene rings is 4. The van der Waals surface area contributed by atoms with E-state index in [-0.39, 0.29) is 5.91 Å². The van der Waals surface area contributed by atoms with Crippen LogP contribution in [0.5, 0.6) is 23.1 Å². The van der Waals surface area contributed by atoms with Crippen LogP contribution in [0, 0.1) is 18.3 Å². The number of piperazine rings is 1. The van der Waals surface area contributed by atoms with Gasteiger partial charge in [0.05, 0.1) is 22.9 Å². The molecule has 1 amide bonds. The van der Waals surface area contributed by atoms with Gasteiger partial charge in [0, 0.05) is 44.9 Å². The number of hydrogen-bond donors (Lipinski definition) is 0. The molecular formula is C46H45ClN4O4. The predicted octanol–water partition coefficient (Wildman–Crippen LogP) is 9.86. The van der Waals surface area contributed by atoms with Gasteiger partial charge < -0.3 is 19.1 Å². The van der Waals surface area contributed by atoms with E-state index in [1.165, 1.54) is 11.1 Å². The third-order valence-corrected chi connectivity index (χ3v) is 9.63. The summed E-state index contributed by atoms with van der Waals surface area (Å²) in [7, 11) is 0. The Morgan fingerprint density at radius 1 is 0.855 bits per heavy atom. The third-order valence-electron chi connectivity index (χ3n) is 9.35. The number of halogens is 1. The molecule has 9 heteroatoms. The summed E-state index contributed by atoms with van der Waals surface area (Å²) in [5.41, 5.74) is 6.87. The van der Waals surface area contributed by atoms with Gasteiger partial charge in [-0.15, -0.1) is 0 Å². The molecule has 0 bridgehead atoms. The highest BCUT2D eigenvalue weighted by atomic mass is 35.5. The molecule has 0 aliphatic carbocycles. The SMILES string of the molecule is Cc1cc(C=CC(=O)N2CCN(Cc3ccc(C=CCOc4ccc(C(C)C)cc4)cc3)CC2)cc(Cl)c1Oc1ccc(OCc2ccc(C#N)cc2)cn1. The van der Waals surface area contributed by atoms with E-state index in [0.717, 1.165) is 47.6 Å². The van der Waals surface area contributed by atoms with E-state index in [9.17, 15) is 4.79 Å². The number of aromatic nitrogens is 1. The number of ether oxygens (including phenoxy) is 3. The monoisotopic (exact) mass is 752 g/mol. The number of aryl methyl sites for hydroxylation is 1. The first kappa shape index (κ1) is 38.8. The van der Waals surface area contributed by atoms with Crippen LogP contribution in [0.1, 0.15) is 58.7 Å². The van der Waals surface area contributed by atoms with E-state index in [1.807, 2.05) is 48.2 Å². The summed E-state index contributed by atoms with van der Waals surface area (Å²) in [5, 5.41) is 9.38. The number of nitrogens with zero attached hydrogens (tertiary/aromatic N) is 4. The molecule has 1 fully saturated rings. The van der Waals surface area contributed by atoms with Crippen molar-refractivity contribution in [2.24, 2.45) is 0 Å². The molecule has 1 aromatic heterocycles. The van der Waals surface area contributed by atoms with Crippen molar-refractivity contribution in [1.29, 1.82) is 5.26 Å². The summed E-state index contributed by atoms with van der Waals surface area (Å²) in [5.74, 6) is 2.83. The Balaban J connectivity index is 0.920. The van der Waals surface area contributed by atoms with E-state index in [1.54, 1.807) is 48.7 Å². The van der Waals surface area contributed by atoms with Crippen molar-refractivity contribution < 1.29 is 19.0 Å². The van der Waals surface area contributed by atoms with Gasteiger partial charge >= 0.3 is 0 Å². The number of hydrogen-bond acceptors (Lipinski definition) is 7. The lowest BCUT2D eigenvalue weighted by molar-refractivity contribution is -0.127. The Morgan fingerprint density at radius 3 is 2.22 bits per heavy atom. The van der Waals surface area contributed by atoms with E-state index < -0.39 is 0 Å². The van der Waals surface area contributed by atoms with Gasteiger partial charge in [-0.05, 0) is 101 Å². The smallest absolute Gasteiger partial charge is 0.246 e. The fourth-order valence-corrected chi connectivity index (χ4v) is 6.42. The van der Waals surface area contributed by atoms with Gasteiger partial charge in [0.25, 0.3) is 0 Å². The van der Waals surface area contributed by atoms with Gasteiger partial charge in [0.1, 0.15) is 24.7 Å². The van der Waals surface area contributed by atoms with Crippen molar-refractivity contribution in [1.82, 2.24) is 14.8 Å². The van der Waals surface area contributed by atoms with Crippen molar-refractivity contribution >= 4 is 29.7 Å². The molecule has 5 aromatic rings. The van der Waals surface area contributed by atoms with E-state index >= 15 is 0 Å². The zero-order valence-corrected chi connectivity index (χ0v) is 32.2. The average Bonchev–Trinajstić information content (AvgIpc) is 3.21. The first-order valence-electron chi connectivity index (χ1n) is 18.5. The van der Waals surface area contributed by atoms with Crippen LogP contribution in [0.25, 0.3) is 12.2 Å². The normalized spacial score (nSPS) is 13.3. The Labute approximate surface area is 328 Å². The maximum atomic E-state index is 13.1. The summed E-state index contributed by atoms with van der Waals surface area (Å²) in [6.45, 7) is 11.0. The Hall–Kier alpha value is -5.88. The van der Waals surface area contributed by atoms with Crippen LogP contribution < -0.4 is 14.2 Å². The highest BCUT2D eigenvalue weighted by molar-refractivity contribution is 6.32. The number of nitriles is 1. The first-order valence-corrected chi connectivity index (χ1v) is 18.8. The molecule has 4 aromatic carbocycles. The summed E-state index contributed by atoms with van der Waals surface area (Å²) >= 11 is 6.63. The molecule has 0 radical (unpaired) electrons. The number of amides is 1. The van der Waals surface area contributed by atoms with Crippen LogP contribution in [0.2, 0.25) is 5.02 Å². The number of carbonyl (C=O) groups excluding carboxylic acids is 1. The Bertz CT molecular complexity index is 2110. The molecule has 0 atom stereocenters. The van der Waals surface area contributed by atoms with Crippen LogP contribution in [-0.2, 0) is 17.9 Å². The van der Waals surface area contributed by atoms with Crippen LogP contribution >= 0.6 is 11.6 Å². The summed E-state index contributed by atoms with van der Waals surface area (Å²) in [6, 6.07) is 33.4. The number of pyridine rings is 1. The molecule has 8 nitrogen and oxygen atoms in total. The second-order valence-electron chi connectivity index (χ2n) is 13.8. The summed E-state index contributed by atoms with van der Waals surface area (Å²) < 4.78 is 17.7. The minimum Gasteiger partial charge on any atom is -0.490 e. The second-order valence-corrected chi connectivity index (χ2v) is 14.2. The van der Waals surface area contributed by atoms with E-state index in [0.29, 0.717) is 60.2 Å². The maximum Gasteiger partial charge on any atom is 0.246 e. The molecule has 0 spiro atoms. The molecule has 1 saturated heterocycles. The zero-order valence-electron chi connectivity index (χ0n) is 31.5. The minimum atomic E-state index is -0.0212. The van der Waals surface area contributed by atoms with E-state index in [4.69, 9.17) is 31.1 Å². The van der Waals surface area contributed by atoms with Crippen LogP contribution in [0.3, 0.4) is 0 Å². The van der Waals surface area contributed by atoms with Gasteiger partial charge in [0.15, 0.2) is 5.75 Å². The molecule has 0 unspecified atom stereocenters. The molecular weight excluding hydrogens is 708 g/mol. The third kappa shape index (κ3) is 11.3. The van der Waals surface area contributed by atoms with Crippen molar-refractivity contribution in [3.63, 3.8) is 0 Å². The Morgan fingerprint density at radius 2 is 1.56 bits per heavy atom. The quantitative estimate of drug-likeness (QED) is 0.104. The molecule has 1 aliphatic heterocycles. The van der Waals surface area contributed by atoms with Gasteiger partial charge in [-0.2, -0.15) is 5.26 Å². The zero-order chi connectivity index (χ0) is 38.6. The average molecular weight is 753 g/mol. The number of rotatable bonds is 14. The lowest BCUT2D eigenvalue weighted by Gasteiger charge is -2.34. The van der Waals surface area contributed by atoms with Gasteiger partial charge in [-0.3, -0.25) is 9.69 Å². The summed E-state index contributed by atoms with van der Waals surface area (Å²) in [4.78, 5) is 21.7. The predicted molar refractivity (Wildman–Crippen MR) is 218 cm³/mol. The molecule has 6 rings (SSSR count). The maximum absolute atomic E-state index is 13.1. The topological polar surface area (TPSA) is 87.9 Å². The molecule has 55 heavy (non-hydrogen) atoms. The standard InChI is InChI=1S/C46H45ClN4O4/c1-33(2)40-15-17-41(18-16-40)53-26-4-5-35-6-10-37(11-7-35)31-50-22-24-51(25-23-50)45(52)21-14-39-27-34(3)46(43(47)28-39)55-44-20-19-42(30-49-44)54-32-38-12-8-36(29-48)9-13-38/h4-21,27-28,30,33H,22-26,31-32H2,1-3H3. The first-order chi connectivity index (χ1) is 26.7. The lowest BCUT2D eigenvalue weighted by Crippen LogP contribution is -2.47. The van der Waals surface area contributed by atoms with Gasteiger partial charge in [-0.25, -0.2) is 4.98 Å². The minimum absolute atomic E-state index is 0.0212. The van der Waals surface area contributed by atoms with Gasteiger partial charge in [-0.1, -0.05) is 80.1 Å². The second kappa shape index (κ2) is 18.9. The molecule has 280 valence electrons. The largest absolute Gasteiger partial charge is 0.490 e. The lowest BCUT2D eigenvalue weighted by atomic mass is 10.0. The van der Waals surface area contributed by atoms with Crippen molar-refractivity contribution in [3.8, 4) is 29.2 Å². The fraction of sp³-hybridized carbons (Fsp3) is 0.239. The summed E-state index contributed by atoms with van der Waals surface area (Å²) in [6.07, 6.45) is 9.11.